The molecule has 2 saturated carbocycles. The highest BCUT2D eigenvalue weighted by molar-refractivity contribution is 5.74. The van der Waals surface area contributed by atoms with Crippen LogP contribution in [0.3, 0.4) is 0 Å². The van der Waals surface area contributed by atoms with Crippen molar-refractivity contribution in [2.45, 2.75) is 66.2 Å². The van der Waals surface area contributed by atoms with Crippen LogP contribution in [-0.4, -0.2) is 19.9 Å². The first kappa shape index (κ1) is 21.9. The molecule has 0 spiro atoms. The minimum Gasteiger partial charge on any atom is -0.496 e. The first-order valence-corrected chi connectivity index (χ1v) is 11.5. The normalized spacial score (nSPS) is 32.4. The molecule has 0 aliphatic heterocycles. The highest BCUT2D eigenvalue weighted by Crippen LogP contribution is 2.53. The molecule has 5 atom stereocenters. The maximum atomic E-state index is 5.97. The average Bonchev–Trinajstić information content (AvgIpc) is 3.61. The van der Waals surface area contributed by atoms with Gasteiger partial charge in [0.15, 0.2) is 0 Å². The van der Waals surface area contributed by atoms with Crippen molar-refractivity contribution in [1.29, 1.82) is 0 Å². The van der Waals surface area contributed by atoms with Crippen LogP contribution >= 0.6 is 0 Å². The molecule has 0 heterocycles. The van der Waals surface area contributed by atoms with Crippen LogP contribution in [0.4, 0.5) is 0 Å². The Kier molecular flexibility index (Phi) is 7.43. The van der Waals surface area contributed by atoms with Crippen LogP contribution in [0.1, 0.15) is 66.2 Å². The van der Waals surface area contributed by atoms with Gasteiger partial charge in [-0.1, -0.05) is 51.8 Å². The summed E-state index contributed by atoms with van der Waals surface area (Å²) in [6.45, 7) is 9.54. The van der Waals surface area contributed by atoms with Gasteiger partial charge in [-0.3, -0.25) is 0 Å². The molecule has 0 aromatic heterocycles. The fourth-order valence-corrected chi connectivity index (χ4v) is 4.22. The molecule has 3 nitrogen and oxygen atoms in total. The van der Waals surface area contributed by atoms with Crippen LogP contribution < -0.4 is 0 Å². The maximum Gasteiger partial charge on any atom is 0.208 e. The van der Waals surface area contributed by atoms with Crippen molar-refractivity contribution >= 4 is 6.21 Å². The third-order valence-electron chi connectivity index (χ3n) is 6.75. The smallest absolute Gasteiger partial charge is 0.208 e. The summed E-state index contributed by atoms with van der Waals surface area (Å²) in [5, 5.41) is 0. The maximum absolute atomic E-state index is 5.97. The minimum atomic E-state index is 0.0519. The largest absolute Gasteiger partial charge is 0.496 e. The summed E-state index contributed by atoms with van der Waals surface area (Å²) < 4.78 is 11.6. The van der Waals surface area contributed by atoms with E-state index in [0.717, 1.165) is 42.9 Å². The lowest BCUT2D eigenvalue weighted by Crippen LogP contribution is -2.07. The van der Waals surface area contributed by atoms with Crippen LogP contribution in [0.15, 0.2) is 52.6 Å². The Morgan fingerprint density at radius 2 is 2.21 bits per heavy atom. The number of fused-ring (bicyclic) bond motifs is 1. The Hall–Kier alpha value is -1.77. The van der Waals surface area contributed by atoms with E-state index in [0.29, 0.717) is 11.8 Å². The zero-order valence-corrected chi connectivity index (χ0v) is 19.0. The Labute approximate surface area is 177 Å². The Bertz CT molecular complexity index is 714. The van der Waals surface area contributed by atoms with E-state index < -0.39 is 0 Å². The minimum absolute atomic E-state index is 0.0519. The number of aliphatic imine (C=N–C) groups is 1. The van der Waals surface area contributed by atoms with E-state index in [1.807, 2.05) is 13.0 Å². The van der Waals surface area contributed by atoms with Gasteiger partial charge in [-0.05, 0) is 74.0 Å². The summed E-state index contributed by atoms with van der Waals surface area (Å²) in [6.07, 6.45) is 20.5. The summed E-state index contributed by atoms with van der Waals surface area (Å²) in [5.41, 5.74) is 1.38. The molecule has 0 N–H and O–H groups in total. The topological polar surface area (TPSA) is 30.8 Å². The van der Waals surface area contributed by atoms with Crippen molar-refractivity contribution in [1.82, 2.24) is 0 Å². The molecule has 29 heavy (non-hydrogen) atoms. The second kappa shape index (κ2) is 9.82. The van der Waals surface area contributed by atoms with Crippen LogP contribution in [-0.2, 0) is 9.47 Å². The first-order chi connectivity index (χ1) is 14.0. The van der Waals surface area contributed by atoms with Crippen LogP contribution in [0, 0.1) is 29.1 Å². The quantitative estimate of drug-likeness (QED) is 0.282. The van der Waals surface area contributed by atoms with Gasteiger partial charge >= 0.3 is 0 Å². The number of unbranched alkanes of at least 4 members (excludes halogenated alkanes) is 1. The van der Waals surface area contributed by atoms with Gasteiger partial charge in [-0.25, -0.2) is 4.99 Å². The second-order valence-electron chi connectivity index (χ2n) is 9.31. The molecule has 0 bridgehead atoms. The van der Waals surface area contributed by atoms with E-state index in [4.69, 9.17) is 14.5 Å². The zero-order chi connectivity index (χ0) is 20.9. The summed E-state index contributed by atoms with van der Waals surface area (Å²) in [5.74, 6) is 4.52. The average molecular weight is 398 g/mol. The van der Waals surface area contributed by atoms with Crippen molar-refractivity contribution in [3.05, 3.63) is 47.6 Å². The molecule has 0 aromatic rings. The van der Waals surface area contributed by atoms with Crippen molar-refractivity contribution in [3.8, 4) is 0 Å². The lowest BCUT2D eigenvalue weighted by molar-refractivity contribution is 0.164. The van der Waals surface area contributed by atoms with E-state index in [1.54, 1.807) is 7.11 Å². The standard InChI is InChI=1S/C26H39NO2/c1-6-8-9-19(3)17-29-25(7-2)27-18-26(16-20(26)4)13-12-22-15-23-14-21(23)10-11-24(22)28-5/h7,10-13,18-21,23H,6,8-9,14-17H2,1-5H3/b13-12+,25-7+,27-18-/t19?,20?,21?,23-,26-/m1/s1. The Morgan fingerprint density at radius 1 is 1.41 bits per heavy atom. The number of allylic oxidation sites excluding steroid dienone is 6. The summed E-state index contributed by atoms with van der Waals surface area (Å²) in [7, 11) is 1.78. The molecule has 3 unspecified atom stereocenters. The van der Waals surface area contributed by atoms with Crippen molar-refractivity contribution < 1.29 is 9.47 Å². The summed E-state index contributed by atoms with van der Waals surface area (Å²) >= 11 is 0. The monoisotopic (exact) mass is 397 g/mol. The van der Waals surface area contributed by atoms with Crippen LogP contribution in [0.5, 0.6) is 0 Å². The molecular formula is C26H39NO2. The molecule has 3 rings (SSSR count). The Morgan fingerprint density at radius 3 is 2.86 bits per heavy atom. The molecule has 0 radical (unpaired) electrons. The van der Waals surface area contributed by atoms with E-state index in [-0.39, 0.29) is 5.41 Å². The van der Waals surface area contributed by atoms with Crippen LogP contribution in [0.25, 0.3) is 0 Å². The third kappa shape index (κ3) is 5.87. The molecule has 0 aromatic carbocycles. The number of rotatable bonds is 11. The van der Waals surface area contributed by atoms with Gasteiger partial charge < -0.3 is 9.47 Å². The number of methoxy groups -OCH3 is 1. The molecule has 2 fully saturated rings. The zero-order valence-electron chi connectivity index (χ0n) is 19.0. The highest BCUT2D eigenvalue weighted by Gasteiger charge is 2.48. The van der Waals surface area contributed by atoms with E-state index in [9.17, 15) is 0 Å². The lowest BCUT2D eigenvalue weighted by Gasteiger charge is -2.13. The molecule has 0 amide bonds. The van der Waals surface area contributed by atoms with Gasteiger partial charge in [0.05, 0.1) is 13.7 Å². The van der Waals surface area contributed by atoms with E-state index in [1.165, 1.54) is 31.3 Å². The molecule has 3 heteroatoms. The molecule has 3 aliphatic carbocycles. The summed E-state index contributed by atoms with van der Waals surface area (Å²) in [6, 6.07) is 0. The van der Waals surface area contributed by atoms with E-state index >= 15 is 0 Å². The van der Waals surface area contributed by atoms with Crippen molar-refractivity contribution in [3.63, 3.8) is 0 Å². The molecular weight excluding hydrogens is 358 g/mol. The second-order valence-corrected chi connectivity index (χ2v) is 9.31. The number of nitrogens with zero attached hydrogens (tertiary/aromatic N) is 1. The van der Waals surface area contributed by atoms with Gasteiger partial charge in [-0.15, -0.1) is 0 Å². The first-order valence-electron chi connectivity index (χ1n) is 11.5. The van der Waals surface area contributed by atoms with Crippen LogP contribution in [0.2, 0.25) is 0 Å². The van der Waals surface area contributed by atoms with Crippen molar-refractivity contribution in [2.75, 3.05) is 13.7 Å². The number of hydrogen-bond acceptors (Lipinski definition) is 3. The Balaban J connectivity index is 1.61. The summed E-state index contributed by atoms with van der Waals surface area (Å²) in [4.78, 5) is 4.73. The van der Waals surface area contributed by atoms with Gasteiger partial charge in [0.25, 0.3) is 0 Å². The fourth-order valence-electron chi connectivity index (χ4n) is 4.22. The molecule has 3 aliphatic rings. The predicted molar refractivity (Wildman–Crippen MR) is 122 cm³/mol. The van der Waals surface area contributed by atoms with E-state index in [2.05, 4.69) is 51.3 Å². The van der Waals surface area contributed by atoms with Gasteiger partial charge in [0, 0.05) is 11.6 Å². The van der Waals surface area contributed by atoms with Gasteiger partial charge in [0.1, 0.15) is 5.76 Å². The fraction of sp³-hybridized carbons (Fsp3) is 0.654. The predicted octanol–water partition coefficient (Wildman–Crippen LogP) is 6.84. The third-order valence-corrected chi connectivity index (χ3v) is 6.75. The van der Waals surface area contributed by atoms with Crippen molar-refractivity contribution in [2.24, 2.45) is 34.1 Å². The van der Waals surface area contributed by atoms with Gasteiger partial charge in [0.2, 0.25) is 5.88 Å². The molecule has 0 saturated heterocycles. The van der Waals surface area contributed by atoms with Gasteiger partial charge in [-0.2, -0.15) is 0 Å². The highest BCUT2D eigenvalue weighted by atomic mass is 16.5. The lowest BCUT2D eigenvalue weighted by atomic mass is 10.0. The number of hydrogen-bond donors (Lipinski definition) is 0. The molecule has 160 valence electrons. The number of ether oxygens (including phenoxy) is 2. The SMILES string of the molecule is C/C=C(\N=C/[C@@]1(/C=C/C2=C(OC)C=CC3C[C@@H]3C2)CC1C)OCC(C)CCCC.